The van der Waals surface area contributed by atoms with Crippen molar-refractivity contribution in [3.05, 3.63) is 64.7 Å². The number of hydrogen-bond donors (Lipinski definition) is 10. The van der Waals surface area contributed by atoms with Crippen molar-refractivity contribution < 1.29 is 43.3 Å². The van der Waals surface area contributed by atoms with Crippen LogP contribution in [0.4, 0.5) is 4.79 Å². The lowest BCUT2D eigenvalue weighted by Gasteiger charge is -2.28. The van der Waals surface area contributed by atoms with Gasteiger partial charge in [-0.25, -0.2) is 4.79 Å². The second kappa shape index (κ2) is 24.8. The normalized spacial score (nSPS) is 13.1. The van der Waals surface area contributed by atoms with Gasteiger partial charge in [0.1, 0.15) is 35.5 Å². The van der Waals surface area contributed by atoms with Gasteiger partial charge in [-0.05, 0) is 101 Å². The predicted octanol–water partition coefficient (Wildman–Crippen LogP) is 1.21. The van der Waals surface area contributed by atoms with E-state index in [1.807, 2.05) is 6.07 Å². The number of phenolic OH excluding ortho intramolecular Hbond substituents is 1. The van der Waals surface area contributed by atoms with Crippen molar-refractivity contribution in [1.29, 1.82) is 5.41 Å². The molecule has 326 valence electrons. The first kappa shape index (κ1) is 49.2. The molecular weight excluding hydrogens is 763 g/mol. The van der Waals surface area contributed by atoms with E-state index in [-0.39, 0.29) is 62.9 Å². The fourth-order valence-corrected chi connectivity index (χ4v) is 6.10. The molecule has 2 rings (SSSR count). The lowest BCUT2D eigenvalue weighted by Crippen LogP contribution is -2.59. The van der Waals surface area contributed by atoms with Crippen LogP contribution in [0.2, 0.25) is 0 Å². The Hall–Kier alpha value is -5.91. The van der Waals surface area contributed by atoms with Gasteiger partial charge in [0.2, 0.25) is 29.5 Å². The van der Waals surface area contributed by atoms with Crippen molar-refractivity contribution in [3.8, 4) is 5.75 Å². The van der Waals surface area contributed by atoms with E-state index in [0.717, 1.165) is 5.56 Å². The number of phenols is 1. The van der Waals surface area contributed by atoms with Gasteiger partial charge in [-0.3, -0.25) is 29.4 Å². The monoisotopic (exact) mass is 825 g/mol. The fourth-order valence-electron chi connectivity index (χ4n) is 6.10. The number of unbranched alkanes of at least 4 members (excludes halogenated alkanes) is 1. The number of methoxy groups -OCH3 is 1. The Bertz CT molecular complexity index is 1710. The number of carbonyl (C=O) groups excluding carboxylic acids is 6. The zero-order chi connectivity index (χ0) is 44.1. The van der Waals surface area contributed by atoms with E-state index in [2.05, 4.69) is 31.9 Å². The number of nitrogens with one attached hydrogen (secondary N) is 7. The molecule has 0 fully saturated rings. The third-order valence-electron chi connectivity index (χ3n) is 9.07. The Labute approximate surface area is 346 Å². The van der Waals surface area contributed by atoms with Crippen LogP contribution >= 0.6 is 0 Å². The number of carbonyl (C=O) groups is 6. The van der Waals surface area contributed by atoms with Crippen molar-refractivity contribution in [2.24, 2.45) is 11.5 Å². The van der Waals surface area contributed by atoms with E-state index in [1.54, 1.807) is 58.9 Å². The Morgan fingerprint density at radius 1 is 0.746 bits per heavy atom. The quantitative estimate of drug-likeness (QED) is 0.0408. The minimum Gasteiger partial charge on any atom is -0.508 e. The number of guanidine groups is 1. The topological polar surface area (TPSA) is 289 Å². The molecule has 0 aliphatic carbocycles. The maximum Gasteiger partial charge on any atom is 0.408 e. The summed E-state index contributed by atoms with van der Waals surface area (Å²) in [5, 5.41) is 33.9. The van der Waals surface area contributed by atoms with E-state index in [0.29, 0.717) is 42.5 Å². The van der Waals surface area contributed by atoms with Gasteiger partial charge in [-0.2, -0.15) is 0 Å². The summed E-state index contributed by atoms with van der Waals surface area (Å²) in [5.41, 5.74) is 12.9. The van der Waals surface area contributed by atoms with Gasteiger partial charge >= 0.3 is 6.09 Å². The Morgan fingerprint density at radius 3 is 1.86 bits per heavy atom. The standard InChI is InChI=1S/C41H63N9O9/c1-25-21-28(51)22-26(2)29(25)24-33(49-37(55)31(16-12-19-46-39(43)44)50-40(57)59-41(3,4)5)38(56)47-30(15-10-11-18-45-34(52)17-20-58-6)36(54)48-32(35(42)53)23-27-13-8-7-9-14-27/h7-9,13-14,21-22,30-33,51H,10-12,15-20,23-24H2,1-6H3,(H2,42,53)(H,45,52)(H,47,56)(H,48,54)(H,49,55)(H,50,57)(H4,43,44,46)/t30-,31+,32-,33-/m0/s1. The zero-order valence-electron chi connectivity index (χ0n) is 35.0. The van der Waals surface area contributed by atoms with Crippen molar-refractivity contribution in [2.45, 2.75) is 116 Å². The van der Waals surface area contributed by atoms with Crippen molar-refractivity contribution >= 4 is 41.6 Å². The average molecular weight is 826 g/mol. The molecule has 0 heterocycles. The molecule has 18 heteroatoms. The van der Waals surface area contributed by atoms with Gasteiger partial charge in [0.15, 0.2) is 5.96 Å². The minimum absolute atomic E-state index is 0.0145. The molecule has 0 saturated heterocycles. The first-order valence-corrected chi connectivity index (χ1v) is 19.7. The smallest absolute Gasteiger partial charge is 0.408 e. The third kappa shape index (κ3) is 19.4. The van der Waals surface area contributed by atoms with Crippen LogP contribution in [-0.2, 0) is 46.3 Å². The third-order valence-corrected chi connectivity index (χ3v) is 9.07. The number of aromatic hydroxyl groups is 1. The van der Waals surface area contributed by atoms with Gasteiger partial charge in [-0.15, -0.1) is 0 Å². The van der Waals surface area contributed by atoms with Crippen molar-refractivity contribution in [1.82, 2.24) is 31.9 Å². The largest absolute Gasteiger partial charge is 0.508 e. The number of primary amides is 1. The Morgan fingerprint density at radius 2 is 1.29 bits per heavy atom. The molecule has 0 spiro atoms. The molecule has 0 saturated carbocycles. The highest BCUT2D eigenvalue weighted by molar-refractivity contribution is 5.95. The molecule has 12 N–H and O–H groups in total. The summed E-state index contributed by atoms with van der Waals surface area (Å²) in [6, 6.07) is 7.18. The lowest BCUT2D eigenvalue weighted by molar-refractivity contribution is -0.133. The molecule has 0 aliphatic rings. The molecule has 2 aromatic carbocycles. The molecule has 0 bridgehead atoms. The van der Waals surface area contributed by atoms with Crippen LogP contribution in [0.3, 0.4) is 0 Å². The number of benzene rings is 2. The molecule has 59 heavy (non-hydrogen) atoms. The van der Waals surface area contributed by atoms with Crippen LogP contribution in [0.25, 0.3) is 0 Å². The van der Waals surface area contributed by atoms with Crippen LogP contribution < -0.4 is 43.4 Å². The highest BCUT2D eigenvalue weighted by atomic mass is 16.6. The summed E-state index contributed by atoms with van der Waals surface area (Å²) in [6.07, 6.45) is 0.615. The number of hydrogen-bond acceptors (Lipinski definition) is 10. The molecule has 6 amide bonds. The summed E-state index contributed by atoms with van der Waals surface area (Å²) in [5.74, 6) is -3.40. The van der Waals surface area contributed by atoms with E-state index in [9.17, 15) is 33.9 Å². The number of alkyl carbamates (subject to hydrolysis) is 1. The molecular formula is C41H63N9O9. The molecule has 0 unspecified atom stereocenters. The first-order chi connectivity index (χ1) is 27.8. The Balaban J connectivity index is 2.45. The van der Waals surface area contributed by atoms with Crippen molar-refractivity contribution in [3.63, 3.8) is 0 Å². The van der Waals surface area contributed by atoms with Gasteiger partial charge < -0.3 is 57.9 Å². The average Bonchev–Trinajstić information content (AvgIpc) is 3.14. The molecule has 0 radical (unpaired) electrons. The number of nitrogens with two attached hydrogens (primary N) is 2. The maximum absolute atomic E-state index is 14.4. The maximum atomic E-state index is 14.4. The summed E-state index contributed by atoms with van der Waals surface area (Å²) in [6.45, 7) is 9.27. The van der Waals surface area contributed by atoms with Gasteiger partial charge in [0.05, 0.1) is 6.61 Å². The van der Waals surface area contributed by atoms with Gasteiger partial charge in [0, 0.05) is 39.5 Å². The second-order valence-electron chi connectivity index (χ2n) is 15.3. The fraction of sp³-hybridized carbons (Fsp3) is 0.537. The molecule has 2 aromatic rings. The highest BCUT2D eigenvalue weighted by Crippen LogP contribution is 2.22. The number of ether oxygens (including phenoxy) is 2. The summed E-state index contributed by atoms with van der Waals surface area (Å²) in [7, 11) is 1.49. The SMILES string of the molecule is COCCC(=O)NCCCC[C@H](NC(=O)[C@H](Cc1c(C)cc(O)cc1C)NC(=O)[C@@H](CCCNC(=N)N)NC(=O)OC(C)(C)C)C(=O)N[C@@H](Cc1ccccc1)C(N)=O. The molecule has 0 aromatic heterocycles. The summed E-state index contributed by atoms with van der Waals surface area (Å²) < 4.78 is 10.3. The van der Waals surface area contributed by atoms with Crippen LogP contribution in [0.5, 0.6) is 5.75 Å². The summed E-state index contributed by atoms with van der Waals surface area (Å²) >= 11 is 0. The molecule has 18 nitrogen and oxygen atoms in total. The Kier molecular flexibility index (Phi) is 20.7. The first-order valence-electron chi connectivity index (χ1n) is 19.7. The van der Waals surface area contributed by atoms with Crippen LogP contribution in [0.15, 0.2) is 42.5 Å². The van der Waals surface area contributed by atoms with Crippen molar-refractivity contribution in [2.75, 3.05) is 26.8 Å². The van der Waals surface area contributed by atoms with Crippen LogP contribution in [0.1, 0.15) is 81.5 Å². The molecule has 4 atom stereocenters. The van der Waals surface area contributed by atoms with Crippen LogP contribution in [0, 0.1) is 19.3 Å². The van der Waals surface area contributed by atoms with Gasteiger partial charge in [0.25, 0.3) is 0 Å². The van der Waals surface area contributed by atoms with E-state index < -0.39 is 59.5 Å². The second-order valence-corrected chi connectivity index (χ2v) is 15.3. The van der Waals surface area contributed by atoms with E-state index >= 15 is 0 Å². The highest BCUT2D eigenvalue weighted by Gasteiger charge is 2.32. The zero-order valence-corrected chi connectivity index (χ0v) is 35.0. The van der Waals surface area contributed by atoms with E-state index in [4.69, 9.17) is 26.4 Å². The summed E-state index contributed by atoms with van der Waals surface area (Å²) in [4.78, 5) is 79.8. The molecule has 0 aliphatic heterocycles. The predicted molar refractivity (Wildman–Crippen MR) is 222 cm³/mol. The van der Waals surface area contributed by atoms with Gasteiger partial charge in [-0.1, -0.05) is 30.3 Å². The number of amides is 6. The number of aryl methyl sites for hydroxylation is 2. The minimum atomic E-state index is -1.31. The number of rotatable bonds is 24. The lowest BCUT2D eigenvalue weighted by atomic mass is 9.95. The van der Waals surface area contributed by atoms with E-state index in [1.165, 1.54) is 19.2 Å². The van der Waals surface area contributed by atoms with Crippen LogP contribution in [-0.4, -0.2) is 103 Å².